The smallest absolute Gasteiger partial charge is 0.320 e. The lowest BCUT2D eigenvalue weighted by atomic mass is 10.1. The molecule has 0 saturated carbocycles. The topological polar surface area (TPSA) is 72.2 Å². The van der Waals surface area contributed by atoms with E-state index in [1.54, 1.807) is 0 Å². The van der Waals surface area contributed by atoms with Crippen molar-refractivity contribution in [2.75, 3.05) is 5.32 Å². The van der Waals surface area contributed by atoms with E-state index in [4.69, 9.17) is 23.2 Å². The number of amides is 1. The highest BCUT2D eigenvalue weighted by atomic mass is 35.5. The summed E-state index contributed by atoms with van der Waals surface area (Å²) in [5.41, 5.74) is -2.28. The van der Waals surface area contributed by atoms with Crippen molar-refractivity contribution in [3.63, 3.8) is 0 Å². The second kappa shape index (κ2) is 6.66. The molecule has 24 heavy (non-hydrogen) atoms. The van der Waals surface area contributed by atoms with Crippen LogP contribution in [-0.4, -0.2) is 10.8 Å². The van der Waals surface area contributed by atoms with Crippen molar-refractivity contribution in [1.29, 1.82) is 0 Å². The van der Waals surface area contributed by atoms with Crippen LogP contribution in [0.5, 0.6) is 0 Å². The van der Waals surface area contributed by atoms with Crippen molar-refractivity contribution in [1.82, 2.24) is 0 Å². The quantitative estimate of drug-likeness (QED) is 0.591. The van der Waals surface area contributed by atoms with Crippen molar-refractivity contribution in [3.05, 3.63) is 67.7 Å². The molecule has 126 valence electrons. The van der Waals surface area contributed by atoms with Crippen LogP contribution in [0.25, 0.3) is 0 Å². The molecular weight excluding hydrogens is 372 g/mol. The van der Waals surface area contributed by atoms with E-state index in [-0.39, 0.29) is 21.3 Å². The lowest BCUT2D eigenvalue weighted by molar-refractivity contribution is -0.385. The van der Waals surface area contributed by atoms with Crippen molar-refractivity contribution >= 4 is 40.5 Å². The fourth-order valence-corrected chi connectivity index (χ4v) is 2.17. The average molecular weight is 379 g/mol. The van der Waals surface area contributed by atoms with E-state index in [9.17, 15) is 28.1 Å². The maximum Gasteiger partial charge on any atom is 0.416 e. The van der Waals surface area contributed by atoms with Crippen molar-refractivity contribution in [3.8, 4) is 0 Å². The summed E-state index contributed by atoms with van der Waals surface area (Å²) >= 11 is 11.4. The van der Waals surface area contributed by atoms with Crippen molar-refractivity contribution < 1.29 is 22.9 Å². The number of nitrogens with one attached hydrogen (secondary N) is 1. The Balaban J connectivity index is 2.39. The number of nitro benzene ring substituents is 1. The molecule has 1 N–H and O–H groups in total. The van der Waals surface area contributed by atoms with Crippen LogP contribution in [0.2, 0.25) is 10.0 Å². The number of hydrogen-bond donors (Lipinski definition) is 1. The van der Waals surface area contributed by atoms with E-state index < -0.39 is 28.3 Å². The first-order valence-corrected chi connectivity index (χ1v) is 6.97. The van der Waals surface area contributed by atoms with Gasteiger partial charge in [-0.15, -0.1) is 0 Å². The van der Waals surface area contributed by atoms with Gasteiger partial charge >= 0.3 is 6.18 Å². The normalized spacial score (nSPS) is 11.2. The van der Waals surface area contributed by atoms with Gasteiger partial charge in [0.1, 0.15) is 5.56 Å². The number of carbonyl (C=O) groups is 1. The summed E-state index contributed by atoms with van der Waals surface area (Å²) in [6.07, 6.45) is -4.63. The molecule has 2 rings (SSSR count). The maximum atomic E-state index is 12.7. The van der Waals surface area contributed by atoms with Gasteiger partial charge in [0.25, 0.3) is 11.6 Å². The van der Waals surface area contributed by atoms with Crippen LogP contribution < -0.4 is 5.32 Å². The van der Waals surface area contributed by atoms with Crippen LogP contribution in [0, 0.1) is 10.1 Å². The largest absolute Gasteiger partial charge is 0.416 e. The fourth-order valence-electron chi connectivity index (χ4n) is 1.83. The average Bonchev–Trinajstić information content (AvgIpc) is 2.48. The zero-order chi connectivity index (χ0) is 18.1. The summed E-state index contributed by atoms with van der Waals surface area (Å²) < 4.78 is 38.1. The molecule has 0 aliphatic carbocycles. The van der Waals surface area contributed by atoms with Gasteiger partial charge in [0.05, 0.1) is 21.2 Å². The highest BCUT2D eigenvalue weighted by molar-refractivity contribution is 6.34. The first-order chi connectivity index (χ1) is 11.1. The molecule has 0 unspecified atom stereocenters. The van der Waals surface area contributed by atoms with Crippen LogP contribution >= 0.6 is 23.2 Å². The predicted molar refractivity (Wildman–Crippen MR) is 82.5 cm³/mol. The molecule has 10 heteroatoms. The summed E-state index contributed by atoms with van der Waals surface area (Å²) in [6.45, 7) is 0. The molecule has 0 aliphatic heterocycles. The van der Waals surface area contributed by atoms with Gasteiger partial charge < -0.3 is 5.32 Å². The number of benzene rings is 2. The third-order valence-electron chi connectivity index (χ3n) is 2.94. The van der Waals surface area contributed by atoms with Crippen molar-refractivity contribution in [2.45, 2.75) is 6.18 Å². The molecule has 0 bridgehead atoms. The third kappa shape index (κ3) is 3.95. The van der Waals surface area contributed by atoms with Gasteiger partial charge in [-0.3, -0.25) is 14.9 Å². The van der Waals surface area contributed by atoms with E-state index in [0.29, 0.717) is 6.07 Å². The molecule has 0 aromatic heterocycles. The number of rotatable bonds is 3. The Morgan fingerprint density at radius 1 is 1.12 bits per heavy atom. The molecule has 5 nitrogen and oxygen atoms in total. The molecule has 0 spiro atoms. The summed E-state index contributed by atoms with van der Waals surface area (Å²) in [7, 11) is 0. The zero-order valence-electron chi connectivity index (χ0n) is 11.5. The van der Waals surface area contributed by atoms with Gasteiger partial charge in [0, 0.05) is 11.1 Å². The van der Waals surface area contributed by atoms with E-state index in [0.717, 1.165) is 24.3 Å². The molecule has 1 amide bonds. The van der Waals surface area contributed by atoms with E-state index >= 15 is 0 Å². The number of nitro groups is 1. The van der Waals surface area contributed by atoms with Crippen LogP contribution in [0.15, 0.2) is 36.4 Å². The van der Waals surface area contributed by atoms with E-state index in [2.05, 4.69) is 5.32 Å². The minimum Gasteiger partial charge on any atom is -0.320 e. The lowest BCUT2D eigenvalue weighted by Crippen LogP contribution is -2.15. The van der Waals surface area contributed by atoms with Gasteiger partial charge in [-0.25, -0.2) is 0 Å². The predicted octanol–water partition coefficient (Wildman–Crippen LogP) is 5.17. The van der Waals surface area contributed by atoms with Gasteiger partial charge in [-0.05, 0) is 30.3 Å². The zero-order valence-corrected chi connectivity index (χ0v) is 13.0. The Labute approximate surface area is 143 Å². The monoisotopic (exact) mass is 378 g/mol. The molecule has 0 heterocycles. The van der Waals surface area contributed by atoms with Crippen LogP contribution in [0.3, 0.4) is 0 Å². The Bertz CT molecular complexity index is 825. The SMILES string of the molecule is O=C(Nc1cc(C(F)(F)F)ccc1Cl)c1ccc(Cl)cc1[N+](=O)[O-]. The van der Waals surface area contributed by atoms with E-state index in [1.165, 1.54) is 6.07 Å². The number of halogens is 5. The number of carbonyl (C=O) groups excluding carboxylic acids is 1. The third-order valence-corrected chi connectivity index (χ3v) is 3.51. The van der Waals surface area contributed by atoms with Gasteiger partial charge in [0.2, 0.25) is 0 Å². The molecule has 0 fully saturated rings. The number of alkyl halides is 3. The van der Waals surface area contributed by atoms with Gasteiger partial charge in [-0.1, -0.05) is 23.2 Å². The first kappa shape index (κ1) is 18.0. The highest BCUT2D eigenvalue weighted by Gasteiger charge is 2.31. The van der Waals surface area contributed by atoms with E-state index in [1.807, 2.05) is 0 Å². The standard InChI is InChI=1S/C14H7Cl2F3N2O3/c15-8-2-3-9(12(6-8)21(23)24)13(22)20-11-5-7(14(17,18)19)1-4-10(11)16/h1-6H,(H,20,22). The molecule has 0 aliphatic rings. The maximum absolute atomic E-state index is 12.7. The summed E-state index contributed by atoms with van der Waals surface area (Å²) in [6, 6.07) is 5.67. The van der Waals surface area contributed by atoms with Crippen LogP contribution in [0.1, 0.15) is 15.9 Å². The summed E-state index contributed by atoms with van der Waals surface area (Å²) in [5.74, 6) is -0.986. The Morgan fingerprint density at radius 3 is 2.38 bits per heavy atom. The highest BCUT2D eigenvalue weighted by Crippen LogP contribution is 2.34. The molecular formula is C14H7Cl2F3N2O3. The Morgan fingerprint density at radius 2 is 1.79 bits per heavy atom. The minimum absolute atomic E-state index is 0.0374. The second-order valence-electron chi connectivity index (χ2n) is 4.57. The number of nitrogens with zero attached hydrogens (tertiary/aromatic N) is 1. The molecule has 2 aromatic carbocycles. The Hall–Kier alpha value is -2.32. The minimum atomic E-state index is -4.63. The van der Waals surface area contributed by atoms with Crippen LogP contribution in [-0.2, 0) is 6.18 Å². The summed E-state index contributed by atoms with van der Waals surface area (Å²) in [4.78, 5) is 22.3. The molecule has 0 saturated heterocycles. The molecule has 2 aromatic rings. The number of anilines is 1. The molecule has 0 atom stereocenters. The second-order valence-corrected chi connectivity index (χ2v) is 5.41. The van der Waals surface area contributed by atoms with Crippen LogP contribution in [0.4, 0.5) is 24.5 Å². The Kier molecular flexibility index (Phi) is 5.00. The first-order valence-electron chi connectivity index (χ1n) is 6.21. The number of hydrogen-bond acceptors (Lipinski definition) is 3. The van der Waals surface area contributed by atoms with Gasteiger partial charge in [-0.2, -0.15) is 13.2 Å². The molecule has 0 radical (unpaired) electrons. The fraction of sp³-hybridized carbons (Fsp3) is 0.0714. The lowest BCUT2D eigenvalue weighted by Gasteiger charge is -2.12. The summed E-state index contributed by atoms with van der Waals surface area (Å²) in [5, 5.41) is 13.0. The van der Waals surface area contributed by atoms with Gasteiger partial charge in [0.15, 0.2) is 0 Å². The van der Waals surface area contributed by atoms with Crippen molar-refractivity contribution in [2.24, 2.45) is 0 Å².